The summed E-state index contributed by atoms with van der Waals surface area (Å²) in [4.78, 5) is 19.4. The number of hydrogen-bond acceptors (Lipinski definition) is 3. The maximum Gasteiger partial charge on any atom is 0.256 e. The summed E-state index contributed by atoms with van der Waals surface area (Å²) in [6, 6.07) is 8.88. The summed E-state index contributed by atoms with van der Waals surface area (Å²) in [5.74, 6) is 0.149. The van der Waals surface area contributed by atoms with E-state index in [1.54, 1.807) is 24.3 Å². The van der Waals surface area contributed by atoms with Crippen LogP contribution in [0.3, 0.4) is 0 Å². The van der Waals surface area contributed by atoms with Crippen molar-refractivity contribution < 1.29 is 4.79 Å². The molecule has 0 aliphatic heterocycles. The minimum absolute atomic E-state index is 0.225. The van der Waals surface area contributed by atoms with E-state index < -0.39 is 0 Å². The molecule has 16 heavy (non-hydrogen) atoms. The summed E-state index contributed by atoms with van der Waals surface area (Å²) in [5.41, 5.74) is 0.569. The summed E-state index contributed by atoms with van der Waals surface area (Å²) in [5, 5.41) is 2.90. The van der Waals surface area contributed by atoms with E-state index in [9.17, 15) is 4.79 Å². The Kier molecular flexibility index (Phi) is 3.12. The average Bonchev–Trinajstić information content (AvgIpc) is 2.33. The van der Waals surface area contributed by atoms with Crippen molar-refractivity contribution >= 4 is 23.3 Å². The molecule has 1 amide bonds. The number of rotatable bonds is 2. The van der Waals surface area contributed by atoms with Gasteiger partial charge in [-0.3, -0.25) is 4.79 Å². The van der Waals surface area contributed by atoms with Crippen LogP contribution in [-0.4, -0.2) is 15.9 Å². The molecule has 0 atom stereocenters. The summed E-state index contributed by atoms with van der Waals surface area (Å²) in [6.45, 7) is 0. The Hall–Kier alpha value is -1.94. The molecular formula is C11H8ClN3O. The topological polar surface area (TPSA) is 54.9 Å². The molecule has 1 aromatic heterocycles. The number of aromatic nitrogens is 2. The number of nitrogens with zero attached hydrogens (tertiary/aromatic N) is 2. The zero-order valence-electron chi connectivity index (χ0n) is 8.22. The van der Waals surface area contributed by atoms with Gasteiger partial charge in [0, 0.05) is 5.56 Å². The van der Waals surface area contributed by atoms with Gasteiger partial charge in [-0.1, -0.05) is 29.8 Å². The number of carbonyl (C=O) groups is 1. The monoisotopic (exact) mass is 233 g/mol. The predicted octanol–water partition coefficient (Wildman–Crippen LogP) is 2.38. The van der Waals surface area contributed by atoms with Crippen molar-refractivity contribution in [3.63, 3.8) is 0 Å². The highest BCUT2D eigenvalue weighted by atomic mass is 35.5. The lowest BCUT2D eigenvalue weighted by Gasteiger charge is -2.03. The Balaban J connectivity index is 2.11. The van der Waals surface area contributed by atoms with Gasteiger partial charge in [-0.2, -0.15) is 0 Å². The van der Waals surface area contributed by atoms with Gasteiger partial charge < -0.3 is 5.32 Å². The highest BCUT2D eigenvalue weighted by Crippen LogP contribution is 2.07. The van der Waals surface area contributed by atoms with Crippen LogP contribution in [0.4, 0.5) is 5.82 Å². The molecule has 0 fully saturated rings. The summed E-state index contributed by atoms with van der Waals surface area (Å²) in [6.07, 6.45) is 2.78. The van der Waals surface area contributed by atoms with Crippen molar-refractivity contribution in [3.8, 4) is 0 Å². The first-order valence-electron chi connectivity index (χ1n) is 4.59. The maximum absolute atomic E-state index is 11.7. The first-order chi connectivity index (χ1) is 7.75. The first kappa shape index (κ1) is 10.6. The van der Waals surface area contributed by atoms with Gasteiger partial charge in [-0.25, -0.2) is 9.97 Å². The van der Waals surface area contributed by atoms with Crippen molar-refractivity contribution in [3.05, 3.63) is 53.4 Å². The van der Waals surface area contributed by atoms with Crippen molar-refractivity contribution in [2.75, 3.05) is 5.32 Å². The quantitative estimate of drug-likeness (QED) is 0.867. The van der Waals surface area contributed by atoms with Crippen LogP contribution >= 0.6 is 11.6 Å². The van der Waals surface area contributed by atoms with Crippen LogP contribution in [0.25, 0.3) is 0 Å². The van der Waals surface area contributed by atoms with Crippen molar-refractivity contribution in [2.24, 2.45) is 0 Å². The van der Waals surface area contributed by atoms with Gasteiger partial charge in [0.1, 0.15) is 5.15 Å². The van der Waals surface area contributed by atoms with Gasteiger partial charge in [0.2, 0.25) is 0 Å². The molecule has 1 N–H and O–H groups in total. The van der Waals surface area contributed by atoms with E-state index in [0.717, 1.165) is 0 Å². The van der Waals surface area contributed by atoms with E-state index >= 15 is 0 Å². The molecule has 0 saturated heterocycles. The van der Waals surface area contributed by atoms with E-state index in [0.29, 0.717) is 11.4 Å². The Morgan fingerprint density at radius 2 is 1.88 bits per heavy atom. The van der Waals surface area contributed by atoms with Crippen molar-refractivity contribution in [1.82, 2.24) is 9.97 Å². The molecule has 2 aromatic rings. The molecule has 5 heteroatoms. The molecule has 0 spiro atoms. The standard InChI is InChI=1S/C11H8ClN3O/c12-9-6-14-10(7-13-9)15-11(16)8-4-2-1-3-5-8/h1-7H,(H,14,15,16). The van der Waals surface area contributed by atoms with Gasteiger partial charge >= 0.3 is 0 Å². The van der Waals surface area contributed by atoms with E-state index in [2.05, 4.69) is 15.3 Å². The molecule has 0 bridgehead atoms. The van der Waals surface area contributed by atoms with Crippen LogP contribution in [0.15, 0.2) is 42.7 Å². The third kappa shape index (κ3) is 2.55. The highest BCUT2D eigenvalue weighted by Gasteiger charge is 2.05. The molecule has 0 saturated carbocycles. The van der Waals surface area contributed by atoms with Crippen LogP contribution in [0.1, 0.15) is 10.4 Å². The van der Waals surface area contributed by atoms with E-state index in [-0.39, 0.29) is 11.1 Å². The fourth-order valence-corrected chi connectivity index (χ4v) is 1.25. The highest BCUT2D eigenvalue weighted by molar-refractivity contribution is 6.29. The second kappa shape index (κ2) is 4.72. The van der Waals surface area contributed by atoms with Crippen LogP contribution in [-0.2, 0) is 0 Å². The van der Waals surface area contributed by atoms with Crippen molar-refractivity contribution in [2.45, 2.75) is 0 Å². The second-order valence-electron chi connectivity index (χ2n) is 3.04. The third-order valence-electron chi connectivity index (χ3n) is 1.90. The minimum atomic E-state index is -0.225. The molecule has 4 nitrogen and oxygen atoms in total. The zero-order valence-corrected chi connectivity index (χ0v) is 8.98. The van der Waals surface area contributed by atoms with Crippen LogP contribution in [0.5, 0.6) is 0 Å². The molecule has 2 rings (SSSR count). The predicted molar refractivity (Wildman–Crippen MR) is 61.4 cm³/mol. The SMILES string of the molecule is O=C(Nc1cnc(Cl)cn1)c1ccccc1. The zero-order chi connectivity index (χ0) is 11.4. The molecule has 1 heterocycles. The fraction of sp³-hybridized carbons (Fsp3) is 0. The van der Waals surface area contributed by atoms with Gasteiger partial charge in [-0.05, 0) is 12.1 Å². The third-order valence-corrected chi connectivity index (χ3v) is 2.09. The second-order valence-corrected chi connectivity index (χ2v) is 3.43. The normalized spacial score (nSPS) is 9.81. The van der Waals surface area contributed by atoms with E-state index in [1.807, 2.05) is 6.07 Å². The van der Waals surface area contributed by atoms with Crippen LogP contribution in [0.2, 0.25) is 5.15 Å². The van der Waals surface area contributed by atoms with Crippen molar-refractivity contribution in [1.29, 1.82) is 0 Å². The average molecular weight is 234 g/mol. The number of carbonyl (C=O) groups excluding carboxylic acids is 1. The Bertz CT molecular complexity index is 484. The Morgan fingerprint density at radius 1 is 1.12 bits per heavy atom. The number of hydrogen-bond donors (Lipinski definition) is 1. The number of halogens is 1. The maximum atomic E-state index is 11.7. The lowest BCUT2D eigenvalue weighted by Crippen LogP contribution is -2.12. The number of anilines is 1. The molecule has 80 valence electrons. The largest absolute Gasteiger partial charge is 0.305 e. The molecule has 1 aromatic carbocycles. The van der Waals surface area contributed by atoms with Gasteiger partial charge in [0.05, 0.1) is 12.4 Å². The lowest BCUT2D eigenvalue weighted by atomic mass is 10.2. The first-order valence-corrected chi connectivity index (χ1v) is 4.97. The summed E-state index contributed by atoms with van der Waals surface area (Å²) in [7, 11) is 0. The van der Waals surface area contributed by atoms with Gasteiger partial charge in [0.15, 0.2) is 5.82 Å². The molecular weight excluding hydrogens is 226 g/mol. The Morgan fingerprint density at radius 3 is 2.50 bits per heavy atom. The Labute approximate surface area is 97.3 Å². The minimum Gasteiger partial charge on any atom is -0.305 e. The summed E-state index contributed by atoms with van der Waals surface area (Å²) >= 11 is 5.58. The van der Waals surface area contributed by atoms with Gasteiger partial charge in [0.25, 0.3) is 5.91 Å². The summed E-state index contributed by atoms with van der Waals surface area (Å²) < 4.78 is 0. The number of nitrogens with one attached hydrogen (secondary N) is 1. The van der Waals surface area contributed by atoms with Crippen LogP contribution < -0.4 is 5.32 Å². The van der Waals surface area contributed by atoms with Crippen LogP contribution in [0, 0.1) is 0 Å². The molecule has 0 radical (unpaired) electrons. The lowest BCUT2D eigenvalue weighted by molar-refractivity contribution is 0.102. The van der Waals surface area contributed by atoms with E-state index in [4.69, 9.17) is 11.6 Å². The smallest absolute Gasteiger partial charge is 0.256 e. The number of benzene rings is 1. The number of amides is 1. The molecule has 0 aliphatic carbocycles. The molecule has 0 unspecified atom stereocenters. The molecule has 0 aliphatic rings. The fourth-order valence-electron chi connectivity index (χ4n) is 1.15. The van der Waals surface area contributed by atoms with E-state index in [1.165, 1.54) is 12.4 Å². The van der Waals surface area contributed by atoms with Gasteiger partial charge in [-0.15, -0.1) is 0 Å².